The molecule has 0 aromatic carbocycles. The minimum atomic E-state index is -0.324. The third-order valence-corrected chi connectivity index (χ3v) is 3.45. The summed E-state index contributed by atoms with van der Waals surface area (Å²) in [5.74, 6) is 0.716. The van der Waals surface area contributed by atoms with Crippen LogP contribution in [0.15, 0.2) is 22.6 Å². The molecule has 0 unspecified atom stereocenters. The smallest absolute Gasteiger partial charge is 0.255 e. The van der Waals surface area contributed by atoms with Crippen molar-refractivity contribution >= 4 is 11.8 Å². The standard InChI is InChI=1S/C15H20N2O4/c1-9-5-13(10(2)21-9)15(20)16-7-14(19)17-12-4-3-11(6-12)8-18/h3-5,11-12,18H,6-8H2,1-2H3,(H,16,20)(H,17,19)/t11-,12+/m0/s1. The van der Waals surface area contributed by atoms with Gasteiger partial charge in [-0.2, -0.15) is 0 Å². The maximum Gasteiger partial charge on any atom is 0.255 e. The number of carbonyl (C=O) groups excluding carboxylic acids is 2. The molecule has 1 aliphatic rings. The predicted molar refractivity (Wildman–Crippen MR) is 76.8 cm³/mol. The van der Waals surface area contributed by atoms with Gasteiger partial charge in [-0.25, -0.2) is 0 Å². The zero-order chi connectivity index (χ0) is 15.4. The van der Waals surface area contributed by atoms with E-state index < -0.39 is 0 Å². The zero-order valence-corrected chi connectivity index (χ0v) is 12.2. The molecular formula is C15H20N2O4. The molecule has 2 amide bonds. The minimum absolute atomic E-state index is 0.0792. The van der Waals surface area contributed by atoms with E-state index in [1.807, 2.05) is 12.2 Å². The Balaban J connectivity index is 1.78. The maximum absolute atomic E-state index is 11.9. The fourth-order valence-corrected chi connectivity index (χ4v) is 2.39. The Morgan fingerprint density at radius 2 is 2.14 bits per heavy atom. The number of aryl methyl sites for hydroxylation is 2. The van der Waals surface area contributed by atoms with Crippen molar-refractivity contribution in [1.29, 1.82) is 0 Å². The first-order chi connectivity index (χ1) is 9.99. The van der Waals surface area contributed by atoms with Gasteiger partial charge in [0.2, 0.25) is 5.91 Å². The lowest BCUT2D eigenvalue weighted by Gasteiger charge is -2.13. The van der Waals surface area contributed by atoms with Crippen LogP contribution < -0.4 is 10.6 Å². The summed E-state index contributed by atoms with van der Waals surface area (Å²) in [6.07, 6.45) is 4.45. The summed E-state index contributed by atoms with van der Waals surface area (Å²) < 4.78 is 5.28. The van der Waals surface area contributed by atoms with Gasteiger partial charge in [-0.1, -0.05) is 12.2 Å². The number of aliphatic hydroxyl groups is 1. The number of carbonyl (C=O) groups is 2. The van der Waals surface area contributed by atoms with Crippen LogP contribution in [0.25, 0.3) is 0 Å². The monoisotopic (exact) mass is 292 g/mol. The molecule has 114 valence electrons. The summed E-state index contributed by atoms with van der Waals surface area (Å²) >= 11 is 0. The van der Waals surface area contributed by atoms with Crippen molar-refractivity contribution in [1.82, 2.24) is 10.6 Å². The Kier molecular flexibility index (Phi) is 4.80. The van der Waals surface area contributed by atoms with E-state index in [4.69, 9.17) is 9.52 Å². The SMILES string of the molecule is Cc1cc(C(=O)NCC(=O)N[C@@H]2C=C[C@H](CO)C2)c(C)o1. The zero-order valence-electron chi connectivity index (χ0n) is 12.2. The van der Waals surface area contributed by atoms with Crippen LogP contribution in [0.1, 0.15) is 28.3 Å². The van der Waals surface area contributed by atoms with Gasteiger partial charge in [0.15, 0.2) is 0 Å². The number of hydrogen-bond acceptors (Lipinski definition) is 4. The fraction of sp³-hybridized carbons (Fsp3) is 0.467. The van der Waals surface area contributed by atoms with E-state index in [2.05, 4.69) is 10.6 Å². The Hall–Kier alpha value is -2.08. The quantitative estimate of drug-likeness (QED) is 0.696. The Labute approximate surface area is 123 Å². The first-order valence-corrected chi connectivity index (χ1v) is 6.93. The molecule has 0 fully saturated rings. The van der Waals surface area contributed by atoms with E-state index in [0.717, 1.165) is 0 Å². The van der Waals surface area contributed by atoms with Crippen LogP contribution in [0, 0.1) is 19.8 Å². The van der Waals surface area contributed by atoms with E-state index in [1.54, 1.807) is 19.9 Å². The van der Waals surface area contributed by atoms with Crippen molar-refractivity contribution < 1.29 is 19.1 Å². The molecule has 1 aliphatic carbocycles. The van der Waals surface area contributed by atoms with Gasteiger partial charge in [-0.3, -0.25) is 9.59 Å². The highest BCUT2D eigenvalue weighted by atomic mass is 16.3. The molecule has 1 aromatic heterocycles. The third-order valence-electron chi connectivity index (χ3n) is 3.45. The molecule has 0 bridgehead atoms. The molecule has 6 heteroatoms. The van der Waals surface area contributed by atoms with Crippen molar-refractivity contribution in [2.24, 2.45) is 5.92 Å². The van der Waals surface area contributed by atoms with E-state index in [1.165, 1.54) is 0 Å². The average Bonchev–Trinajstić information content (AvgIpc) is 3.02. The van der Waals surface area contributed by atoms with E-state index in [0.29, 0.717) is 23.5 Å². The molecule has 0 spiro atoms. The number of aliphatic hydroxyl groups excluding tert-OH is 1. The van der Waals surface area contributed by atoms with E-state index >= 15 is 0 Å². The van der Waals surface area contributed by atoms with Crippen molar-refractivity contribution in [3.05, 3.63) is 35.3 Å². The number of furan rings is 1. The van der Waals surface area contributed by atoms with Crippen LogP contribution in [-0.2, 0) is 4.79 Å². The predicted octanol–water partition coefficient (Wildman–Crippen LogP) is 0.679. The summed E-state index contributed by atoms with van der Waals surface area (Å²) in [4.78, 5) is 23.7. The normalized spacial score (nSPS) is 20.5. The largest absolute Gasteiger partial charge is 0.466 e. The van der Waals surface area contributed by atoms with Gasteiger partial charge in [0.1, 0.15) is 11.5 Å². The van der Waals surface area contributed by atoms with Gasteiger partial charge < -0.3 is 20.2 Å². The van der Waals surface area contributed by atoms with Gasteiger partial charge in [-0.05, 0) is 26.3 Å². The lowest BCUT2D eigenvalue weighted by Crippen LogP contribution is -2.41. The number of hydrogen-bond donors (Lipinski definition) is 3. The number of rotatable bonds is 5. The molecule has 21 heavy (non-hydrogen) atoms. The number of amides is 2. The highest BCUT2D eigenvalue weighted by molar-refractivity contribution is 5.97. The molecule has 0 saturated heterocycles. The summed E-state index contributed by atoms with van der Waals surface area (Å²) in [6, 6.07) is 1.57. The molecule has 2 rings (SSSR count). The molecule has 1 heterocycles. The topological polar surface area (TPSA) is 91.6 Å². The first kappa shape index (κ1) is 15.3. The number of nitrogens with one attached hydrogen (secondary N) is 2. The van der Waals surface area contributed by atoms with Crippen LogP contribution in [-0.4, -0.2) is 36.1 Å². The van der Waals surface area contributed by atoms with Gasteiger partial charge in [0.05, 0.1) is 12.1 Å². The van der Waals surface area contributed by atoms with E-state index in [9.17, 15) is 9.59 Å². The Bertz CT molecular complexity index is 562. The minimum Gasteiger partial charge on any atom is -0.466 e. The second-order valence-electron chi connectivity index (χ2n) is 5.25. The van der Waals surface area contributed by atoms with Crippen LogP contribution in [0.3, 0.4) is 0 Å². The molecular weight excluding hydrogens is 272 g/mol. The second-order valence-corrected chi connectivity index (χ2v) is 5.25. The van der Waals surface area contributed by atoms with Crippen LogP contribution >= 0.6 is 0 Å². The lowest BCUT2D eigenvalue weighted by atomic mass is 10.1. The highest BCUT2D eigenvalue weighted by Crippen LogP contribution is 2.16. The summed E-state index contributed by atoms with van der Waals surface area (Å²) in [5.41, 5.74) is 0.446. The van der Waals surface area contributed by atoms with Gasteiger partial charge in [0.25, 0.3) is 5.91 Å². The average molecular weight is 292 g/mol. The molecule has 3 N–H and O–H groups in total. The highest BCUT2D eigenvalue weighted by Gasteiger charge is 2.20. The molecule has 0 saturated carbocycles. The van der Waals surface area contributed by atoms with Crippen molar-refractivity contribution in [2.75, 3.05) is 13.2 Å². The summed E-state index contributed by atoms with van der Waals surface area (Å²) in [5, 5.41) is 14.4. The van der Waals surface area contributed by atoms with Gasteiger partial charge in [-0.15, -0.1) is 0 Å². The van der Waals surface area contributed by atoms with Crippen LogP contribution in [0.5, 0.6) is 0 Å². The lowest BCUT2D eigenvalue weighted by molar-refractivity contribution is -0.120. The van der Waals surface area contributed by atoms with E-state index in [-0.39, 0.29) is 36.9 Å². The molecule has 0 aliphatic heterocycles. The van der Waals surface area contributed by atoms with Crippen molar-refractivity contribution in [3.63, 3.8) is 0 Å². The van der Waals surface area contributed by atoms with Crippen LogP contribution in [0.4, 0.5) is 0 Å². The fourth-order valence-electron chi connectivity index (χ4n) is 2.39. The van der Waals surface area contributed by atoms with Gasteiger partial charge in [0, 0.05) is 18.6 Å². The van der Waals surface area contributed by atoms with Crippen LogP contribution in [0.2, 0.25) is 0 Å². The molecule has 2 atom stereocenters. The molecule has 1 aromatic rings. The Morgan fingerprint density at radius 3 is 2.71 bits per heavy atom. The maximum atomic E-state index is 11.9. The Morgan fingerprint density at radius 1 is 1.38 bits per heavy atom. The summed E-state index contributed by atoms with van der Waals surface area (Å²) in [6.45, 7) is 3.47. The van der Waals surface area contributed by atoms with Crippen molar-refractivity contribution in [3.8, 4) is 0 Å². The molecule has 0 radical (unpaired) electrons. The first-order valence-electron chi connectivity index (χ1n) is 6.93. The third kappa shape index (κ3) is 3.95. The van der Waals surface area contributed by atoms with Crippen molar-refractivity contribution in [2.45, 2.75) is 26.3 Å². The second kappa shape index (κ2) is 6.58. The summed E-state index contributed by atoms with van der Waals surface area (Å²) in [7, 11) is 0. The molecule has 6 nitrogen and oxygen atoms in total. The van der Waals surface area contributed by atoms with Gasteiger partial charge >= 0.3 is 0 Å².